The molecule has 3 aromatic rings. The summed E-state index contributed by atoms with van der Waals surface area (Å²) < 4.78 is 6.12. The summed E-state index contributed by atoms with van der Waals surface area (Å²) in [6.45, 7) is 6.34. The Kier molecular flexibility index (Phi) is 5.12. The van der Waals surface area contributed by atoms with Crippen molar-refractivity contribution in [2.45, 2.75) is 26.7 Å². The molecular weight excluding hydrogens is 384 g/mol. The second-order valence-electron chi connectivity index (χ2n) is 7.40. The van der Waals surface area contributed by atoms with Crippen LogP contribution in [0.25, 0.3) is 0 Å². The van der Waals surface area contributed by atoms with Crippen molar-refractivity contribution >= 4 is 34.6 Å². The molecule has 0 atom stereocenters. The second-order valence-corrected chi connectivity index (χ2v) is 7.83. The molecule has 4 nitrogen and oxygen atoms in total. The van der Waals surface area contributed by atoms with E-state index in [9.17, 15) is 4.79 Å². The SMILES string of the molecule is Cc1ccc(C(C)C)c(Oc2ccc(N=C3C(=O)Nc4ccc(Cl)cc43)cc2)c1. The molecule has 4 rings (SSSR count). The smallest absolute Gasteiger partial charge is 0.275 e. The van der Waals surface area contributed by atoms with Gasteiger partial charge in [-0.25, -0.2) is 4.99 Å². The third kappa shape index (κ3) is 4.03. The Morgan fingerprint density at radius 3 is 2.48 bits per heavy atom. The van der Waals surface area contributed by atoms with E-state index >= 15 is 0 Å². The number of nitrogens with zero attached hydrogens (tertiary/aromatic N) is 1. The van der Waals surface area contributed by atoms with E-state index < -0.39 is 0 Å². The maximum atomic E-state index is 12.3. The molecule has 3 aromatic carbocycles. The van der Waals surface area contributed by atoms with Crippen LogP contribution in [0.3, 0.4) is 0 Å². The quantitative estimate of drug-likeness (QED) is 0.530. The predicted molar refractivity (Wildman–Crippen MR) is 118 cm³/mol. The number of anilines is 1. The van der Waals surface area contributed by atoms with Crippen molar-refractivity contribution in [1.82, 2.24) is 0 Å². The summed E-state index contributed by atoms with van der Waals surface area (Å²) in [7, 11) is 0. The highest BCUT2D eigenvalue weighted by atomic mass is 35.5. The van der Waals surface area contributed by atoms with Gasteiger partial charge in [0.15, 0.2) is 0 Å². The number of halogens is 1. The lowest BCUT2D eigenvalue weighted by Crippen LogP contribution is -2.13. The van der Waals surface area contributed by atoms with Gasteiger partial charge < -0.3 is 10.1 Å². The number of fused-ring (bicyclic) bond motifs is 1. The number of aliphatic imine (C=N–C) groups is 1. The van der Waals surface area contributed by atoms with Gasteiger partial charge in [0, 0.05) is 10.6 Å². The number of carbonyl (C=O) groups excluding carboxylic acids is 1. The van der Waals surface area contributed by atoms with Crippen molar-refractivity contribution in [1.29, 1.82) is 0 Å². The minimum atomic E-state index is -0.232. The summed E-state index contributed by atoms with van der Waals surface area (Å²) in [5.41, 5.74) is 4.77. The fourth-order valence-corrected chi connectivity index (χ4v) is 3.46. The number of carbonyl (C=O) groups is 1. The highest BCUT2D eigenvalue weighted by molar-refractivity contribution is 6.54. The minimum absolute atomic E-state index is 0.232. The van der Waals surface area contributed by atoms with Gasteiger partial charge in [0.1, 0.15) is 17.2 Å². The van der Waals surface area contributed by atoms with E-state index in [2.05, 4.69) is 36.3 Å². The first-order valence-corrected chi connectivity index (χ1v) is 9.87. The number of hydrogen-bond acceptors (Lipinski definition) is 3. The van der Waals surface area contributed by atoms with E-state index in [1.165, 1.54) is 0 Å². The maximum Gasteiger partial charge on any atom is 0.275 e. The van der Waals surface area contributed by atoms with Crippen LogP contribution in [0.4, 0.5) is 11.4 Å². The Labute approximate surface area is 175 Å². The van der Waals surface area contributed by atoms with Crippen LogP contribution in [0.5, 0.6) is 11.5 Å². The molecule has 0 aromatic heterocycles. The number of rotatable bonds is 4. The second kappa shape index (κ2) is 7.72. The van der Waals surface area contributed by atoms with Crippen LogP contribution in [0.2, 0.25) is 5.02 Å². The zero-order chi connectivity index (χ0) is 20.5. The summed E-state index contributed by atoms with van der Waals surface area (Å²) in [5.74, 6) is 1.71. The van der Waals surface area contributed by atoms with Crippen molar-refractivity contribution in [2.24, 2.45) is 4.99 Å². The Balaban J connectivity index is 1.60. The summed E-state index contributed by atoms with van der Waals surface area (Å²) in [4.78, 5) is 16.8. The van der Waals surface area contributed by atoms with Crippen LogP contribution in [0, 0.1) is 6.92 Å². The molecule has 5 heteroatoms. The van der Waals surface area contributed by atoms with Gasteiger partial charge in [-0.2, -0.15) is 0 Å². The van der Waals surface area contributed by atoms with Crippen LogP contribution < -0.4 is 10.1 Å². The van der Waals surface area contributed by atoms with E-state index in [0.717, 1.165) is 28.3 Å². The lowest BCUT2D eigenvalue weighted by atomic mass is 10.0. The van der Waals surface area contributed by atoms with Crippen LogP contribution in [0.15, 0.2) is 65.7 Å². The van der Waals surface area contributed by atoms with Gasteiger partial charge in [-0.1, -0.05) is 37.6 Å². The highest BCUT2D eigenvalue weighted by Crippen LogP contribution is 2.33. The lowest BCUT2D eigenvalue weighted by molar-refractivity contribution is -0.110. The van der Waals surface area contributed by atoms with Crippen molar-refractivity contribution in [3.8, 4) is 11.5 Å². The van der Waals surface area contributed by atoms with Crippen LogP contribution in [-0.4, -0.2) is 11.6 Å². The molecule has 0 spiro atoms. The number of nitrogens with one attached hydrogen (secondary N) is 1. The van der Waals surface area contributed by atoms with Crippen LogP contribution in [0.1, 0.15) is 36.5 Å². The molecule has 0 bridgehead atoms. The average Bonchev–Trinajstić information content (AvgIpc) is 2.98. The van der Waals surface area contributed by atoms with E-state index in [1.807, 2.05) is 37.3 Å². The number of hydrogen-bond donors (Lipinski definition) is 1. The Hall–Kier alpha value is -3.11. The maximum absolute atomic E-state index is 12.3. The number of benzene rings is 3. The molecule has 1 aliphatic rings. The fourth-order valence-electron chi connectivity index (χ4n) is 3.29. The number of aryl methyl sites for hydroxylation is 1. The van der Waals surface area contributed by atoms with Gasteiger partial charge in [-0.05, 0) is 72.5 Å². The van der Waals surface area contributed by atoms with Gasteiger partial charge >= 0.3 is 0 Å². The van der Waals surface area contributed by atoms with E-state index in [1.54, 1.807) is 18.2 Å². The monoisotopic (exact) mass is 404 g/mol. The third-order valence-electron chi connectivity index (χ3n) is 4.80. The minimum Gasteiger partial charge on any atom is -0.457 e. The summed E-state index contributed by atoms with van der Waals surface area (Å²) in [6, 6.07) is 18.9. The summed E-state index contributed by atoms with van der Waals surface area (Å²) >= 11 is 6.07. The van der Waals surface area contributed by atoms with Crippen molar-refractivity contribution in [2.75, 3.05) is 5.32 Å². The molecule has 0 radical (unpaired) electrons. The molecule has 29 heavy (non-hydrogen) atoms. The molecule has 1 N–H and O–H groups in total. The van der Waals surface area contributed by atoms with Gasteiger partial charge in [0.2, 0.25) is 0 Å². The molecule has 0 unspecified atom stereocenters. The first-order valence-electron chi connectivity index (χ1n) is 9.49. The van der Waals surface area contributed by atoms with Crippen molar-refractivity contribution < 1.29 is 9.53 Å². The highest BCUT2D eigenvalue weighted by Gasteiger charge is 2.26. The lowest BCUT2D eigenvalue weighted by Gasteiger charge is -2.14. The third-order valence-corrected chi connectivity index (χ3v) is 5.03. The molecule has 146 valence electrons. The van der Waals surface area contributed by atoms with Gasteiger partial charge in [0.05, 0.1) is 11.4 Å². The standard InChI is InChI=1S/C24H21ClN2O2/c1-14(2)19-10-4-15(3)12-22(19)29-18-8-6-17(7-9-18)26-23-20-13-16(25)5-11-21(20)27-24(23)28/h4-14H,1-3H3,(H,26,27,28). The van der Waals surface area contributed by atoms with E-state index in [0.29, 0.717) is 27.9 Å². The van der Waals surface area contributed by atoms with Crippen molar-refractivity contribution in [3.63, 3.8) is 0 Å². The normalized spacial score (nSPS) is 14.2. The van der Waals surface area contributed by atoms with Crippen LogP contribution >= 0.6 is 11.6 Å². The molecule has 0 saturated carbocycles. The predicted octanol–water partition coefficient (Wildman–Crippen LogP) is 6.64. The fraction of sp³-hybridized carbons (Fsp3) is 0.167. The Bertz CT molecular complexity index is 1120. The largest absolute Gasteiger partial charge is 0.457 e. The Morgan fingerprint density at radius 1 is 1.00 bits per heavy atom. The zero-order valence-electron chi connectivity index (χ0n) is 16.5. The summed E-state index contributed by atoms with van der Waals surface area (Å²) in [6.07, 6.45) is 0. The first kappa shape index (κ1) is 19.2. The van der Waals surface area contributed by atoms with E-state index in [4.69, 9.17) is 16.3 Å². The molecule has 1 amide bonds. The molecule has 1 aliphatic heterocycles. The molecule has 0 fully saturated rings. The van der Waals surface area contributed by atoms with Crippen molar-refractivity contribution in [3.05, 3.63) is 82.4 Å². The number of ether oxygens (including phenoxy) is 1. The summed E-state index contributed by atoms with van der Waals surface area (Å²) in [5, 5.41) is 3.37. The van der Waals surface area contributed by atoms with Crippen LogP contribution in [-0.2, 0) is 4.79 Å². The average molecular weight is 405 g/mol. The molecule has 0 saturated heterocycles. The van der Waals surface area contributed by atoms with Gasteiger partial charge in [-0.3, -0.25) is 4.79 Å². The number of amides is 1. The zero-order valence-corrected chi connectivity index (χ0v) is 17.2. The molecule has 1 heterocycles. The molecular formula is C24H21ClN2O2. The molecule has 0 aliphatic carbocycles. The first-order chi connectivity index (χ1) is 13.9. The topological polar surface area (TPSA) is 50.7 Å². The van der Waals surface area contributed by atoms with Gasteiger partial charge in [-0.15, -0.1) is 0 Å². The van der Waals surface area contributed by atoms with E-state index in [-0.39, 0.29) is 5.91 Å². The van der Waals surface area contributed by atoms with Gasteiger partial charge in [0.25, 0.3) is 5.91 Å². The Morgan fingerprint density at radius 2 is 1.76 bits per heavy atom.